The van der Waals surface area contributed by atoms with E-state index in [1.165, 1.54) is 0 Å². The van der Waals surface area contributed by atoms with E-state index in [0.29, 0.717) is 19.5 Å². The number of carbonyl (C=O) groups is 2. The molecule has 0 spiro atoms. The first kappa shape index (κ1) is 15.0. The van der Waals surface area contributed by atoms with Crippen LogP contribution in [0.3, 0.4) is 0 Å². The lowest BCUT2D eigenvalue weighted by Gasteiger charge is -2.32. The minimum Gasteiger partial charge on any atom is -0.369 e. The van der Waals surface area contributed by atoms with E-state index >= 15 is 0 Å². The van der Waals surface area contributed by atoms with Crippen molar-refractivity contribution in [1.82, 2.24) is 4.90 Å². The van der Waals surface area contributed by atoms with Crippen LogP contribution in [0.2, 0.25) is 0 Å². The van der Waals surface area contributed by atoms with Crippen LogP contribution in [0.25, 0.3) is 0 Å². The SMILES string of the molecule is N#CC(Cc1ccccc1)C(=O)N1CCCC(C(N)=O)C1. The molecule has 1 aliphatic rings. The molecule has 1 aromatic carbocycles. The topological polar surface area (TPSA) is 87.2 Å². The molecule has 5 heteroatoms. The Morgan fingerprint density at radius 2 is 2.10 bits per heavy atom. The summed E-state index contributed by atoms with van der Waals surface area (Å²) < 4.78 is 0. The van der Waals surface area contributed by atoms with Crippen LogP contribution in [0.5, 0.6) is 0 Å². The second-order valence-electron chi connectivity index (χ2n) is 5.40. The smallest absolute Gasteiger partial charge is 0.240 e. The van der Waals surface area contributed by atoms with Gasteiger partial charge in [0.25, 0.3) is 0 Å². The zero-order chi connectivity index (χ0) is 15.2. The van der Waals surface area contributed by atoms with Crippen LogP contribution in [-0.4, -0.2) is 29.8 Å². The molecule has 5 nitrogen and oxygen atoms in total. The van der Waals surface area contributed by atoms with Gasteiger partial charge >= 0.3 is 0 Å². The maximum Gasteiger partial charge on any atom is 0.240 e. The van der Waals surface area contributed by atoms with Crippen molar-refractivity contribution in [3.05, 3.63) is 35.9 Å². The van der Waals surface area contributed by atoms with Gasteiger partial charge in [-0.2, -0.15) is 5.26 Å². The van der Waals surface area contributed by atoms with Crippen molar-refractivity contribution in [3.63, 3.8) is 0 Å². The molecule has 2 unspecified atom stereocenters. The lowest BCUT2D eigenvalue weighted by molar-refractivity contribution is -0.137. The maximum absolute atomic E-state index is 12.5. The summed E-state index contributed by atoms with van der Waals surface area (Å²) >= 11 is 0. The molecule has 110 valence electrons. The Balaban J connectivity index is 2.03. The predicted molar refractivity (Wildman–Crippen MR) is 77.7 cm³/mol. The molecule has 21 heavy (non-hydrogen) atoms. The first-order valence-electron chi connectivity index (χ1n) is 7.13. The molecule has 1 aliphatic heterocycles. The van der Waals surface area contributed by atoms with Crippen LogP contribution in [0.4, 0.5) is 0 Å². The highest BCUT2D eigenvalue weighted by molar-refractivity contribution is 5.83. The Kier molecular flexibility index (Phi) is 4.94. The highest BCUT2D eigenvalue weighted by atomic mass is 16.2. The molecule has 0 radical (unpaired) electrons. The number of amides is 2. The molecule has 0 saturated carbocycles. The average Bonchev–Trinajstić information content (AvgIpc) is 2.53. The van der Waals surface area contributed by atoms with Gasteiger partial charge in [0.05, 0.1) is 12.0 Å². The van der Waals surface area contributed by atoms with Gasteiger partial charge in [0.15, 0.2) is 0 Å². The molecule has 2 atom stereocenters. The fourth-order valence-corrected chi connectivity index (χ4v) is 2.67. The summed E-state index contributed by atoms with van der Waals surface area (Å²) in [6.45, 7) is 0.927. The van der Waals surface area contributed by atoms with Crippen LogP contribution >= 0.6 is 0 Å². The van der Waals surface area contributed by atoms with Crippen molar-refractivity contribution in [2.75, 3.05) is 13.1 Å². The molecule has 2 rings (SSSR count). The number of rotatable bonds is 4. The quantitative estimate of drug-likeness (QED) is 0.898. The molecule has 0 bridgehead atoms. The monoisotopic (exact) mass is 285 g/mol. The maximum atomic E-state index is 12.5. The number of carbonyl (C=O) groups excluding carboxylic acids is 2. The van der Waals surface area contributed by atoms with E-state index in [1.54, 1.807) is 4.90 Å². The molecular weight excluding hydrogens is 266 g/mol. The number of primary amides is 1. The molecule has 2 N–H and O–H groups in total. The van der Waals surface area contributed by atoms with E-state index in [4.69, 9.17) is 5.73 Å². The molecule has 2 amide bonds. The minimum absolute atomic E-state index is 0.202. The van der Waals surface area contributed by atoms with E-state index in [-0.39, 0.29) is 17.7 Å². The van der Waals surface area contributed by atoms with Gasteiger partial charge in [0.1, 0.15) is 5.92 Å². The molecule has 1 saturated heterocycles. The fraction of sp³-hybridized carbons (Fsp3) is 0.438. The van der Waals surface area contributed by atoms with Crippen LogP contribution < -0.4 is 5.73 Å². The van der Waals surface area contributed by atoms with Gasteiger partial charge in [-0.05, 0) is 24.8 Å². The van der Waals surface area contributed by atoms with Crippen LogP contribution in [0, 0.1) is 23.2 Å². The van der Waals surface area contributed by atoms with Crippen molar-refractivity contribution in [2.45, 2.75) is 19.3 Å². The molecule has 0 aromatic heterocycles. The second-order valence-corrected chi connectivity index (χ2v) is 5.40. The zero-order valence-corrected chi connectivity index (χ0v) is 11.9. The van der Waals surface area contributed by atoms with Crippen LogP contribution in [0.15, 0.2) is 30.3 Å². The summed E-state index contributed by atoms with van der Waals surface area (Å²) in [4.78, 5) is 25.3. The predicted octanol–water partition coefficient (Wildman–Crippen LogP) is 1.09. The van der Waals surface area contributed by atoms with Crippen molar-refractivity contribution in [2.24, 2.45) is 17.6 Å². The first-order chi connectivity index (χ1) is 10.1. The van der Waals surface area contributed by atoms with E-state index < -0.39 is 5.92 Å². The standard InChI is InChI=1S/C16H19N3O2/c17-10-14(9-12-5-2-1-3-6-12)16(21)19-8-4-7-13(11-19)15(18)20/h1-3,5-6,13-14H,4,7-9,11H2,(H2,18,20). The number of hydrogen-bond acceptors (Lipinski definition) is 3. The Bertz CT molecular complexity index is 550. The summed E-state index contributed by atoms with van der Waals surface area (Å²) in [6.07, 6.45) is 1.87. The van der Waals surface area contributed by atoms with Gasteiger partial charge in [0.2, 0.25) is 11.8 Å². The fourth-order valence-electron chi connectivity index (χ4n) is 2.67. The van der Waals surface area contributed by atoms with Gasteiger partial charge in [0, 0.05) is 13.1 Å². The number of hydrogen-bond donors (Lipinski definition) is 1. The van der Waals surface area contributed by atoms with Gasteiger partial charge in [-0.3, -0.25) is 9.59 Å². The largest absolute Gasteiger partial charge is 0.369 e. The number of likely N-dealkylation sites (tertiary alicyclic amines) is 1. The lowest BCUT2D eigenvalue weighted by atomic mass is 9.94. The lowest BCUT2D eigenvalue weighted by Crippen LogP contribution is -2.46. The Labute approximate surface area is 124 Å². The average molecular weight is 285 g/mol. The molecule has 1 fully saturated rings. The minimum atomic E-state index is -0.709. The van der Waals surface area contributed by atoms with E-state index in [9.17, 15) is 14.9 Å². The number of benzene rings is 1. The van der Waals surface area contributed by atoms with E-state index in [1.807, 2.05) is 30.3 Å². The second kappa shape index (κ2) is 6.89. The van der Waals surface area contributed by atoms with Crippen LogP contribution in [-0.2, 0) is 16.0 Å². The first-order valence-corrected chi connectivity index (χ1v) is 7.13. The van der Waals surface area contributed by atoms with Gasteiger partial charge in [-0.15, -0.1) is 0 Å². The van der Waals surface area contributed by atoms with Crippen molar-refractivity contribution in [1.29, 1.82) is 5.26 Å². The Morgan fingerprint density at radius 1 is 1.38 bits per heavy atom. The zero-order valence-electron chi connectivity index (χ0n) is 11.9. The number of nitriles is 1. The van der Waals surface area contributed by atoms with Gasteiger partial charge in [-0.25, -0.2) is 0 Å². The normalized spacial score (nSPS) is 19.6. The number of nitrogens with two attached hydrogens (primary N) is 1. The third kappa shape index (κ3) is 3.82. The molecule has 1 aromatic rings. The van der Waals surface area contributed by atoms with Crippen molar-refractivity contribution in [3.8, 4) is 6.07 Å². The highest BCUT2D eigenvalue weighted by Gasteiger charge is 2.31. The Hall–Kier alpha value is -2.35. The summed E-state index contributed by atoms with van der Waals surface area (Å²) in [6, 6.07) is 11.6. The molecular formula is C16H19N3O2. The summed E-state index contributed by atoms with van der Waals surface area (Å²) in [5.74, 6) is -1.57. The molecule has 0 aliphatic carbocycles. The third-order valence-electron chi connectivity index (χ3n) is 3.87. The number of nitrogens with zero attached hydrogens (tertiary/aromatic N) is 2. The highest BCUT2D eigenvalue weighted by Crippen LogP contribution is 2.19. The third-order valence-corrected chi connectivity index (χ3v) is 3.87. The summed E-state index contributed by atoms with van der Waals surface area (Å²) in [7, 11) is 0. The summed E-state index contributed by atoms with van der Waals surface area (Å²) in [5, 5.41) is 9.27. The van der Waals surface area contributed by atoms with E-state index in [0.717, 1.165) is 18.4 Å². The van der Waals surface area contributed by atoms with Gasteiger partial charge < -0.3 is 10.6 Å². The van der Waals surface area contributed by atoms with Gasteiger partial charge in [-0.1, -0.05) is 30.3 Å². The van der Waals surface area contributed by atoms with Crippen LogP contribution in [0.1, 0.15) is 18.4 Å². The summed E-state index contributed by atoms with van der Waals surface area (Å²) in [5.41, 5.74) is 6.28. The van der Waals surface area contributed by atoms with E-state index in [2.05, 4.69) is 6.07 Å². The molecule has 1 heterocycles. The van der Waals surface area contributed by atoms with Crippen molar-refractivity contribution >= 4 is 11.8 Å². The number of piperidine rings is 1. The Morgan fingerprint density at radius 3 is 2.71 bits per heavy atom. The van der Waals surface area contributed by atoms with Crippen molar-refractivity contribution < 1.29 is 9.59 Å².